The van der Waals surface area contributed by atoms with Crippen LogP contribution in [0.1, 0.15) is 12.5 Å². The van der Waals surface area contributed by atoms with Crippen molar-refractivity contribution >= 4 is 68.4 Å². The van der Waals surface area contributed by atoms with Crippen LogP contribution in [0.3, 0.4) is 0 Å². The number of fused-ring (bicyclic) bond motifs is 1. The minimum absolute atomic E-state index is 0.137. The summed E-state index contributed by atoms with van der Waals surface area (Å²) in [5.74, 6) is -0.137. The van der Waals surface area contributed by atoms with E-state index < -0.39 is 0 Å². The number of H-pyrrole nitrogens is 1. The zero-order valence-electron chi connectivity index (χ0n) is 15.5. The maximum absolute atomic E-state index is 12.6. The number of rotatable bonds is 5. The quantitative estimate of drug-likeness (QED) is 0.335. The minimum Gasteiger partial charge on any atom is -0.333 e. The predicted molar refractivity (Wildman–Crippen MR) is 122 cm³/mol. The van der Waals surface area contributed by atoms with E-state index in [-0.39, 0.29) is 11.2 Å². The molecular weight excluding hydrogens is 447 g/mol. The van der Waals surface area contributed by atoms with Crippen molar-refractivity contribution in [2.45, 2.75) is 24.3 Å². The molecule has 1 atom stereocenters. The number of carbonyl (C=O) groups excluding carboxylic acids is 1. The molecule has 0 unspecified atom stereocenters. The fourth-order valence-electron chi connectivity index (χ4n) is 2.70. The fraction of sp³-hybridized carbons (Fsp3) is 0.150. The normalized spacial score (nSPS) is 12.3. The first-order valence-electron chi connectivity index (χ1n) is 8.74. The number of aromatic nitrogens is 3. The number of thioether (sulfide) groups is 1. The van der Waals surface area contributed by atoms with E-state index in [1.807, 2.05) is 43.5 Å². The molecule has 0 bridgehead atoms. The summed E-state index contributed by atoms with van der Waals surface area (Å²) in [4.78, 5) is 24.9. The van der Waals surface area contributed by atoms with Crippen LogP contribution in [0.25, 0.3) is 22.3 Å². The highest BCUT2D eigenvalue weighted by Crippen LogP contribution is 2.31. The maximum Gasteiger partial charge on any atom is 0.239 e. The molecule has 2 heterocycles. The third kappa shape index (κ3) is 4.59. The van der Waals surface area contributed by atoms with Gasteiger partial charge in [0, 0.05) is 10.9 Å². The lowest BCUT2D eigenvalue weighted by Gasteiger charge is -2.08. The molecule has 0 saturated carbocycles. The highest BCUT2D eigenvalue weighted by Gasteiger charge is 2.18. The summed E-state index contributed by atoms with van der Waals surface area (Å²) in [5, 5.41) is 6.60. The van der Waals surface area contributed by atoms with Crippen molar-refractivity contribution in [3.05, 3.63) is 57.4 Å². The monoisotopic (exact) mass is 462 g/mol. The van der Waals surface area contributed by atoms with E-state index in [1.54, 1.807) is 12.1 Å². The van der Waals surface area contributed by atoms with Crippen LogP contribution in [0.15, 0.2) is 46.9 Å². The molecule has 2 N–H and O–H groups in total. The lowest BCUT2D eigenvalue weighted by molar-refractivity contribution is -0.115. The fourth-order valence-corrected chi connectivity index (χ4v) is 4.54. The Hall–Kier alpha value is -2.06. The Morgan fingerprint density at radius 1 is 1.17 bits per heavy atom. The van der Waals surface area contributed by atoms with Crippen LogP contribution in [0.2, 0.25) is 10.0 Å². The Morgan fingerprint density at radius 2 is 2.00 bits per heavy atom. The first-order valence-corrected chi connectivity index (χ1v) is 11.3. The summed E-state index contributed by atoms with van der Waals surface area (Å²) >= 11 is 14.8. The van der Waals surface area contributed by atoms with Gasteiger partial charge in [0.15, 0.2) is 10.3 Å². The van der Waals surface area contributed by atoms with Crippen LogP contribution in [0.4, 0.5) is 5.13 Å². The van der Waals surface area contributed by atoms with Crippen LogP contribution in [-0.4, -0.2) is 26.1 Å². The summed E-state index contributed by atoms with van der Waals surface area (Å²) in [6.45, 7) is 3.87. The van der Waals surface area contributed by atoms with Crippen LogP contribution in [0.5, 0.6) is 0 Å². The molecule has 0 aliphatic heterocycles. The summed E-state index contributed by atoms with van der Waals surface area (Å²) in [6.07, 6.45) is 0. The lowest BCUT2D eigenvalue weighted by atomic mass is 10.2. The Morgan fingerprint density at radius 3 is 2.79 bits per heavy atom. The molecule has 1 amide bonds. The highest BCUT2D eigenvalue weighted by molar-refractivity contribution is 8.00. The van der Waals surface area contributed by atoms with Crippen LogP contribution < -0.4 is 5.32 Å². The van der Waals surface area contributed by atoms with Gasteiger partial charge in [0.2, 0.25) is 5.91 Å². The Kier molecular flexibility index (Phi) is 5.83. The smallest absolute Gasteiger partial charge is 0.239 e. The topological polar surface area (TPSA) is 70.7 Å². The number of aromatic amines is 1. The molecule has 0 radical (unpaired) electrons. The van der Waals surface area contributed by atoms with Gasteiger partial charge >= 0.3 is 0 Å². The summed E-state index contributed by atoms with van der Waals surface area (Å²) in [5.41, 5.74) is 4.58. The van der Waals surface area contributed by atoms with Crippen LogP contribution >= 0.6 is 46.3 Å². The second-order valence-electron chi connectivity index (χ2n) is 6.48. The molecule has 0 saturated heterocycles. The molecule has 148 valence electrons. The first-order chi connectivity index (χ1) is 13.9. The maximum atomic E-state index is 12.6. The number of amides is 1. The second kappa shape index (κ2) is 8.36. The van der Waals surface area contributed by atoms with E-state index in [0.29, 0.717) is 20.3 Å². The van der Waals surface area contributed by atoms with E-state index in [9.17, 15) is 4.79 Å². The average molecular weight is 463 g/mol. The summed E-state index contributed by atoms with van der Waals surface area (Å²) in [7, 11) is 0. The van der Waals surface area contributed by atoms with Gasteiger partial charge in [0.1, 0.15) is 0 Å². The molecule has 0 spiro atoms. The minimum atomic E-state index is -0.339. The van der Waals surface area contributed by atoms with Gasteiger partial charge in [-0.2, -0.15) is 0 Å². The lowest BCUT2D eigenvalue weighted by Crippen LogP contribution is -2.22. The number of imidazole rings is 1. The molecule has 0 aliphatic rings. The van der Waals surface area contributed by atoms with Gasteiger partial charge < -0.3 is 10.3 Å². The van der Waals surface area contributed by atoms with E-state index >= 15 is 0 Å². The Labute approximate surface area is 185 Å². The van der Waals surface area contributed by atoms with Gasteiger partial charge in [-0.1, -0.05) is 47.1 Å². The molecule has 9 heteroatoms. The van der Waals surface area contributed by atoms with Crippen molar-refractivity contribution in [1.82, 2.24) is 15.0 Å². The van der Waals surface area contributed by atoms with Crippen LogP contribution in [-0.2, 0) is 4.79 Å². The van der Waals surface area contributed by atoms with Crippen molar-refractivity contribution in [2.75, 3.05) is 5.32 Å². The second-order valence-corrected chi connectivity index (χ2v) is 9.48. The third-order valence-corrected chi connectivity index (χ3v) is 6.70. The number of nitrogens with one attached hydrogen (secondary N) is 2. The van der Waals surface area contributed by atoms with E-state index in [4.69, 9.17) is 23.2 Å². The zero-order valence-corrected chi connectivity index (χ0v) is 18.6. The molecule has 4 aromatic rings. The largest absolute Gasteiger partial charge is 0.333 e. The van der Waals surface area contributed by atoms with Gasteiger partial charge in [-0.05, 0) is 43.7 Å². The molecule has 29 heavy (non-hydrogen) atoms. The van der Waals surface area contributed by atoms with Gasteiger partial charge in [0.05, 0.1) is 32.0 Å². The van der Waals surface area contributed by atoms with Crippen molar-refractivity contribution < 1.29 is 4.79 Å². The number of benzene rings is 2. The third-order valence-electron chi connectivity index (χ3n) is 4.22. The summed E-state index contributed by atoms with van der Waals surface area (Å²) < 4.78 is 0. The van der Waals surface area contributed by atoms with E-state index in [2.05, 4.69) is 20.3 Å². The number of thiazole rings is 1. The molecule has 5 nitrogen and oxygen atoms in total. The number of halogens is 2. The van der Waals surface area contributed by atoms with Gasteiger partial charge in [0.25, 0.3) is 0 Å². The SMILES string of the molecule is Cc1ccc2nc(S[C@@H](C)C(=O)Nc3nc(-c4ccc(Cl)c(Cl)c4)cs3)[nH]c2c1. The first kappa shape index (κ1) is 20.2. The number of hydrogen-bond donors (Lipinski definition) is 2. The van der Waals surface area contributed by atoms with Crippen molar-refractivity contribution in [3.8, 4) is 11.3 Å². The Bertz CT molecular complexity index is 1200. The average Bonchev–Trinajstić information content (AvgIpc) is 3.30. The Balaban J connectivity index is 1.43. The highest BCUT2D eigenvalue weighted by atomic mass is 35.5. The van der Waals surface area contributed by atoms with Crippen LogP contribution in [0, 0.1) is 6.92 Å². The summed E-state index contributed by atoms with van der Waals surface area (Å²) in [6, 6.07) is 11.3. The van der Waals surface area contributed by atoms with E-state index in [0.717, 1.165) is 27.9 Å². The molecule has 0 aliphatic carbocycles. The van der Waals surface area contributed by atoms with Crippen molar-refractivity contribution in [2.24, 2.45) is 0 Å². The van der Waals surface area contributed by atoms with Crippen molar-refractivity contribution in [1.29, 1.82) is 0 Å². The van der Waals surface area contributed by atoms with Crippen molar-refractivity contribution in [3.63, 3.8) is 0 Å². The molecule has 0 fully saturated rings. The number of hydrogen-bond acceptors (Lipinski definition) is 5. The number of nitrogens with zero attached hydrogens (tertiary/aromatic N) is 2. The predicted octanol–water partition coefficient (Wildman–Crippen LogP) is 6.42. The number of carbonyl (C=O) groups is 1. The van der Waals surface area contributed by atoms with Gasteiger partial charge in [-0.25, -0.2) is 9.97 Å². The standard InChI is InChI=1S/C20H16Cl2N4OS2/c1-10-3-6-15-16(7-10)24-20(23-15)29-11(2)18(27)26-19-25-17(9-28-19)12-4-5-13(21)14(22)8-12/h3-9,11H,1-2H3,(H,23,24)(H,25,26,27)/t11-/m0/s1. The van der Waals surface area contributed by atoms with Gasteiger partial charge in [-0.15, -0.1) is 11.3 Å². The van der Waals surface area contributed by atoms with E-state index in [1.165, 1.54) is 23.1 Å². The number of aryl methyl sites for hydroxylation is 1. The number of anilines is 1. The molecule has 2 aromatic carbocycles. The molecule has 2 aromatic heterocycles. The zero-order chi connectivity index (χ0) is 20.5. The van der Waals surface area contributed by atoms with Gasteiger partial charge in [-0.3, -0.25) is 4.79 Å². The molecular formula is C20H16Cl2N4OS2. The molecule has 4 rings (SSSR count).